The molecule has 0 radical (unpaired) electrons. The van der Waals surface area contributed by atoms with E-state index in [0.29, 0.717) is 11.8 Å². The Kier molecular flexibility index (Phi) is 7.77. The molecule has 1 amide bonds. The number of esters is 1. The Morgan fingerprint density at radius 3 is 2.42 bits per heavy atom. The maximum atomic E-state index is 12.2. The Hall–Kier alpha value is -2.54. The van der Waals surface area contributed by atoms with Crippen molar-refractivity contribution < 1.29 is 24.2 Å². The fraction of sp³-hybridized carbons (Fsp3) is 0.412. The largest absolute Gasteiger partial charge is 0.461 e. The van der Waals surface area contributed by atoms with E-state index in [9.17, 15) is 19.5 Å². The van der Waals surface area contributed by atoms with Crippen molar-refractivity contribution in [3.05, 3.63) is 35.9 Å². The molecular formula is C17H22N2O5. The first-order valence-corrected chi connectivity index (χ1v) is 7.62. The molecule has 1 aromatic rings. The summed E-state index contributed by atoms with van der Waals surface area (Å²) in [6, 6.07) is 7.22. The Morgan fingerprint density at radius 1 is 1.25 bits per heavy atom. The molecule has 1 rings (SSSR count). The predicted octanol–water partition coefficient (Wildman–Crippen LogP) is 1.16. The molecule has 0 unspecified atom stereocenters. The van der Waals surface area contributed by atoms with Crippen LogP contribution in [-0.2, 0) is 19.1 Å². The zero-order valence-electron chi connectivity index (χ0n) is 13.7. The highest BCUT2D eigenvalue weighted by Crippen LogP contribution is 2.13. The third kappa shape index (κ3) is 6.29. The molecule has 0 spiro atoms. The number of amides is 1. The molecule has 0 aliphatic carbocycles. The van der Waals surface area contributed by atoms with Gasteiger partial charge in [-0.1, -0.05) is 30.3 Å². The molecule has 0 fully saturated rings. The van der Waals surface area contributed by atoms with E-state index in [-0.39, 0.29) is 18.9 Å². The van der Waals surface area contributed by atoms with Gasteiger partial charge in [0, 0.05) is 6.42 Å². The summed E-state index contributed by atoms with van der Waals surface area (Å²) in [7, 11) is 0. The number of aliphatic hydroxyl groups excluding tert-OH is 1. The minimum atomic E-state index is -1.43. The summed E-state index contributed by atoms with van der Waals surface area (Å²) >= 11 is 0. The van der Waals surface area contributed by atoms with Gasteiger partial charge in [0.25, 0.3) is 5.91 Å². The molecule has 2 atom stereocenters. The molecule has 0 saturated heterocycles. The van der Waals surface area contributed by atoms with Gasteiger partial charge in [0.05, 0.1) is 12.3 Å². The topological polar surface area (TPSA) is 117 Å². The van der Waals surface area contributed by atoms with Gasteiger partial charge < -0.3 is 20.6 Å². The van der Waals surface area contributed by atoms with Crippen LogP contribution < -0.4 is 5.32 Å². The zero-order valence-corrected chi connectivity index (χ0v) is 13.7. The van der Waals surface area contributed by atoms with Crippen LogP contribution >= 0.6 is 0 Å². The first-order chi connectivity index (χ1) is 11.3. The lowest BCUT2D eigenvalue weighted by atomic mass is 10.1. The number of hydrogen-bond donors (Lipinski definition) is 3. The van der Waals surface area contributed by atoms with Gasteiger partial charge in [0.15, 0.2) is 11.9 Å². The van der Waals surface area contributed by atoms with Gasteiger partial charge in [-0.2, -0.15) is 0 Å². The van der Waals surface area contributed by atoms with E-state index in [1.807, 2.05) is 0 Å². The molecule has 3 N–H and O–H groups in total. The Bertz CT molecular complexity index is 586. The van der Waals surface area contributed by atoms with E-state index in [4.69, 9.17) is 10.1 Å². The number of benzene rings is 1. The average molecular weight is 334 g/mol. The molecular weight excluding hydrogens is 312 g/mol. The van der Waals surface area contributed by atoms with E-state index in [2.05, 4.69) is 5.32 Å². The number of aliphatic hydroxyl groups is 1. The van der Waals surface area contributed by atoms with E-state index in [1.54, 1.807) is 44.2 Å². The number of Topliss-reactive ketones (excluding diaryl/α,β-unsaturated/α-hetero) is 1. The van der Waals surface area contributed by atoms with Crippen molar-refractivity contribution in [2.75, 3.05) is 0 Å². The smallest absolute Gasteiger partial charge is 0.328 e. The standard InChI is InChI=1S/C17H22N2O5/c1-11(2)24-17(23)14(9-8-13(20)10-18)19-16(22)15(21)12-6-4-3-5-7-12/h3-7,10-11,14-15,18,21H,8-9H2,1-2H3,(H,19,22)/t14-,15-/m0/s1. The SMILES string of the molecule is CC(C)OC(=O)[C@H](CCC(=O)C=N)NC(=O)[C@@H](O)c1ccccc1. The van der Waals surface area contributed by atoms with Gasteiger partial charge in [-0.15, -0.1) is 0 Å². The molecule has 0 aliphatic heterocycles. The second kappa shape index (κ2) is 9.57. The van der Waals surface area contributed by atoms with Crippen molar-refractivity contribution in [3.63, 3.8) is 0 Å². The Morgan fingerprint density at radius 2 is 1.88 bits per heavy atom. The molecule has 0 saturated carbocycles. The van der Waals surface area contributed by atoms with Crippen LogP contribution in [0.5, 0.6) is 0 Å². The summed E-state index contributed by atoms with van der Waals surface area (Å²) < 4.78 is 5.06. The first kappa shape index (κ1) is 19.5. The number of rotatable bonds is 9. The van der Waals surface area contributed by atoms with E-state index in [0.717, 1.165) is 0 Å². The van der Waals surface area contributed by atoms with Gasteiger partial charge in [0.1, 0.15) is 6.04 Å². The molecule has 0 heterocycles. The van der Waals surface area contributed by atoms with E-state index >= 15 is 0 Å². The van der Waals surface area contributed by atoms with Crippen molar-refractivity contribution in [1.29, 1.82) is 5.41 Å². The lowest BCUT2D eigenvalue weighted by Crippen LogP contribution is -2.44. The number of carbonyl (C=O) groups excluding carboxylic acids is 3. The quantitative estimate of drug-likeness (QED) is 0.463. The third-order valence-electron chi connectivity index (χ3n) is 3.16. The van der Waals surface area contributed by atoms with Crippen molar-refractivity contribution in [1.82, 2.24) is 5.32 Å². The van der Waals surface area contributed by atoms with Crippen LogP contribution in [0.4, 0.5) is 0 Å². The van der Waals surface area contributed by atoms with Crippen LogP contribution in [0.25, 0.3) is 0 Å². The molecule has 0 aliphatic rings. The molecule has 0 bridgehead atoms. The number of carbonyl (C=O) groups is 3. The maximum absolute atomic E-state index is 12.2. The summed E-state index contributed by atoms with van der Waals surface area (Å²) in [5, 5.41) is 19.3. The Labute approximate surface area is 140 Å². The number of ether oxygens (including phenoxy) is 1. The minimum Gasteiger partial charge on any atom is -0.461 e. The van der Waals surface area contributed by atoms with Crippen LogP contribution in [0.15, 0.2) is 30.3 Å². The van der Waals surface area contributed by atoms with Crippen LogP contribution in [0.2, 0.25) is 0 Å². The number of ketones is 1. The van der Waals surface area contributed by atoms with Crippen molar-refractivity contribution in [2.45, 2.75) is 44.9 Å². The van der Waals surface area contributed by atoms with Crippen LogP contribution in [0, 0.1) is 5.41 Å². The number of nitrogens with one attached hydrogen (secondary N) is 2. The monoisotopic (exact) mass is 334 g/mol. The van der Waals surface area contributed by atoms with Gasteiger partial charge in [0.2, 0.25) is 0 Å². The highest BCUT2D eigenvalue weighted by molar-refractivity contribution is 6.26. The summed E-state index contributed by atoms with van der Waals surface area (Å²) in [6.45, 7) is 3.33. The molecule has 24 heavy (non-hydrogen) atoms. The normalized spacial score (nSPS) is 13.0. The Balaban J connectivity index is 2.78. The van der Waals surface area contributed by atoms with E-state index < -0.39 is 29.8 Å². The predicted molar refractivity (Wildman–Crippen MR) is 87.6 cm³/mol. The summed E-state index contributed by atoms with van der Waals surface area (Å²) in [6.07, 6.45) is -1.24. The van der Waals surface area contributed by atoms with Gasteiger partial charge >= 0.3 is 5.97 Å². The maximum Gasteiger partial charge on any atom is 0.328 e. The first-order valence-electron chi connectivity index (χ1n) is 7.62. The lowest BCUT2D eigenvalue weighted by Gasteiger charge is -2.20. The lowest BCUT2D eigenvalue weighted by molar-refractivity contribution is -0.152. The van der Waals surface area contributed by atoms with Crippen molar-refractivity contribution >= 4 is 23.9 Å². The van der Waals surface area contributed by atoms with Gasteiger partial charge in [-0.05, 0) is 25.8 Å². The highest BCUT2D eigenvalue weighted by Gasteiger charge is 2.27. The number of hydrogen-bond acceptors (Lipinski definition) is 6. The van der Waals surface area contributed by atoms with Crippen LogP contribution in [0.1, 0.15) is 38.4 Å². The summed E-state index contributed by atoms with van der Waals surface area (Å²) in [5.74, 6) is -1.90. The zero-order chi connectivity index (χ0) is 18.1. The minimum absolute atomic E-state index is 0.00693. The average Bonchev–Trinajstić information content (AvgIpc) is 2.57. The summed E-state index contributed by atoms with van der Waals surface area (Å²) in [5.41, 5.74) is 0.390. The second-order valence-corrected chi connectivity index (χ2v) is 5.51. The molecule has 130 valence electrons. The van der Waals surface area contributed by atoms with Crippen LogP contribution in [-0.4, -0.2) is 41.1 Å². The molecule has 1 aromatic carbocycles. The van der Waals surface area contributed by atoms with Crippen molar-refractivity contribution in [3.8, 4) is 0 Å². The van der Waals surface area contributed by atoms with E-state index in [1.165, 1.54) is 0 Å². The molecule has 7 heteroatoms. The third-order valence-corrected chi connectivity index (χ3v) is 3.16. The summed E-state index contributed by atoms with van der Waals surface area (Å²) in [4.78, 5) is 35.5. The fourth-order valence-corrected chi connectivity index (χ4v) is 1.96. The van der Waals surface area contributed by atoms with Gasteiger partial charge in [-0.3, -0.25) is 9.59 Å². The van der Waals surface area contributed by atoms with Crippen LogP contribution in [0.3, 0.4) is 0 Å². The van der Waals surface area contributed by atoms with Gasteiger partial charge in [-0.25, -0.2) is 4.79 Å². The van der Waals surface area contributed by atoms with Crippen molar-refractivity contribution in [2.24, 2.45) is 0 Å². The molecule has 7 nitrogen and oxygen atoms in total. The highest BCUT2D eigenvalue weighted by atomic mass is 16.5. The fourth-order valence-electron chi connectivity index (χ4n) is 1.96. The second-order valence-electron chi connectivity index (χ2n) is 5.51. The molecule has 0 aromatic heterocycles.